The number of benzene rings is 1. The Balaban J connectivity index is 1.81. The smallest absolute Gasteiger partial charge is 0.00114 e. The first-order valence-corrected chi connectivity index (χ1v) is 5.21. The van der Waals surface area contributed by atoms with Crippen LogP contribution in [-0.2, 0) is 0 Å². The van der Waals surface area contributed by atoms with Gasteiger partial charge in [-0.2, -0.15) is 0 Å². The minimum absolute atomic E-state index is 0.848. The molecule has 3 atom stereocenters. The molecule has 1 aromatic carbocycles. The number of hydrogen-bond acceptors (Lipinski definition) is 1. The van der Waals surface area contributed by atoms with Gasteiger partial charge in [-0.1, -0.05) is 30.3 Å². The fraction of sp³-hybridized carbons (Fsp3) is 0.500. The average molecular weight is 173 g/mol. The molecule has 2 fully saturated rings. The molecule has 0 spiro atoms. The molecular formula is C12H15N. The lowest BCUT2D eigenvalue weighted by Crippen LogP contribution is -2.33. The molecule has 13 heavy (non-hydrogen) atoms. The van der Waals surface area contributed by atoms with Crippen LogP contribution in [0.2, 0.25) is 0 Å². The van der Waals surface area contributed by atoms with Gasteiger partial charge in [0.15, 0.2) is 0 Å². The molecular weight excluding hydrogens is 158 g/mol. The van der Waals surface area contributed by atoms with Crippen molar-refractivity contribution in [1.82, 2.24) is 5.32 Å². The van der Waals surface area contributed by atoms with Crippen molar-refractivity contribution in [2.45, 2.75) is 12.3 Å². The topological polar surface area (TPSA) is 12.0 Å². The SMILES string of the molecule is c1ccc([C@H]2C[C@@H]3CNC[C@@H]32)cc1. The van der Waals surface area contributed by atoms with Crippen molar-refractivity contribution in [1.29, 1.82) is 0 Å². The van der Waals surface area contributed by atoms with Gasteiger partial charge >= 0.3 is 0 Å². The normalized spacial score (nSPS) is 36.8. The zero-order chi connectivity index (χ0) is 8.67. The second kappa shape index (κ2) is 2.85. The molecule has 1 aliphatic carbocycles. The number of hydrogen-bond donors (Lipinski definition) is 1. The Kier molecular flexibility index (Phi) is 1.66. The monoisotopic (exact) mass is 173 g/mol. The van der Waals surface area contributed by atoms with Crippen molar-refractivity contribution in [3.63, 3.8) is 0 Å². The molecule has 1 heterocycles. The van der Waals surface area contributed by atoms with Gasteiger partial charge < -0.3 is 5.32 Å². The van der Waals surface area contributed by atoms with Crippen LogP contribution >= 0.6 is 0 Å². The van der Waals surface area contributed by atoms with E-state index in [1.54, 1.807) is 5.56 Å². The lowest BCUT2D eigenvalue weighted by molar-refractivity contribution is 0.191. The minimum atomic E-state index is 0.848. The van der Waals surface area contributed by atoms with E-state index in [0.29, 0.717) is 0 Å². The fourth-order valence-electron chi connectivity index (χ4n) is 2.87. The van der Waals surface area contributed by atoms with Crippen LogP contribution in [0.3, 0.4) is 0 Å². The molecule has 1 aliphatic heterocycles. The zero-order valence-electron chi connectivity index (χ0n) is 7.74. The summed E-state index contributed by atoms with van der Waals surface area (Å²) in [6.07, 6.45) is 1.40. The maximum Gasteiger partial charge on any atom is -0.00114 e. The van der Waals surface area contributed by atoms with E-state index in [-0.39, 0.29) is 0 Å². The summed E-state index contributed by atoms with van der Waals surface area (Å²) in [4.78, 5) is 0. The largest absolute Gasteiger partial charge is 0.316 e. The molecule has 1 aromatic rings. The van der Waals surface area contributed by atoms with Crippen LogP contribution in [0.1, 0.15) is 17.9 Å². The summed E-state index contributed by atoms with van der Waals surface area (Å²) in [5.74, 6) is 2.76. The first-order valence-electron chi connectivity index (χ1n) is 5.21. The van der Waals surface area contributed by atoms with E-state index in [2.05, 4.69) is 35.6 Å². The van der Waals surface area contributed by atoms with Crippen molar-refractivity contribution in [2.24, 2.45) is 11.8 Å². The lowest BCUT2D eigenvalue weighted by atomic mass is 9.64. The van der Waals surface area contributed by atoms with Crippen molar-refractivity contribution in [2.75, 3.05) is 13.1 Å². The highest BCUT2D eigenvalue weighted by molar-refractivity contribution is 5.24. The first kappa shape index (κ1) is 7.57. The van der Waals surface area contributed by atoms with E-state index in [4.69, 9.17) is 0 Å². The number of rotatable bonds is 1. The zero-order valence-corrected chi connectivity index (χ0v) is 7.74. The van der Waals surface area contributed by atoms with Gasteiger partial charge in [-0.15, -0.1) is 0 Å². The van der Waals surface area contributed by atoms with Crippen LogP contribution in [0.4, 0.5) is 0 Å². The van der Waals surface area contributed by atoms with E-state index in [0.717, 1.165) is 17.8 Å². The van der Waals surface area contributed by atoms with Crippen LogP contribution in [-0.4, -0.2) is 13.1 Å². The van der Waals surface area contributed by atoms with Gasteiger partial charge in [-0.25, -0.2) is 0 Å². The Hall–Kier alpha value is -0.820. The molecule has 1 saturated heterocycles. The summed E-state index contributed by atoms with van der Waals surface area (Å²) in [7, 11) is 0. The number of nitrogens with one attached hydrogen (secondary N) is 1. The van der Waals surface area contributed by atoms with Crippen LogP contribution in [0.15, 0.2) is 30.3 Å². The summed E-state index contributed by atoms with van der Waals surface area (Å²) in [5, 5.41) is 3.48. The molecule has 1 nitrogen and oxygen atoms in total. The highest BCUT2D eigenvalue weighted by Gasteiger charge is 2.44. The third-order valence-corrected chi connectivity index (χ3v) is 3.69. The third-order valence-electron chi connectivity index (χ3n) is 3.69. The summed E-state index contributed by atoms with van der Waals surface area (Å²) in [6, 6.07) is 11.0. The van der Waals surface area contributed by atoms with E-state index < -0.39 is 0 Å². The molecule has 0 radical (unpaired) electrons. The quantitative estimate of drug-likeness (QED) is 0.685. The Bertz CT molecular complexity index is 293. The van der Waals surface area contributed by atoms with Crippen LogP contribution < -0.4 is 5.32 Å². The van der Waals surface area contributed by atoms with Gasteiger partial charge in [0, 0.05) is 0 Å². The predicted octanol–water partition coefficient (Wildman–Crippen LogP) is 2.01. The summed E-state index contributed by atoms with van der Waals surface area (Å²) in [5.41, 5.74) is 1.55. The van der Waals surface area contributed by atoms with Gasteiger partial charge in [0.2, 0.25) is 0 Å². The maximum atomic E-state index is 3.48. The lowest BCUT2D eigenvalue weighted by Gasteiger charge is -2.40. The molecule has 2 aliphatic rings. The standard InChI is InChI=1S/C12H15N/c1-2-4-9(5-3-1)11-6-10-7-13-8-12(10)11/h1-5,10-13H,6-8H2/t10-,11-,12+/m1/s1. The number of fused-ring (bicyclic) bond motifs is 1. The highest BCUT2D eigenvalue weighted by Crippen LogP contribution is 2.48. The first-order chi connectivity index (χ1) is 6.45. The highest BCUT2D eigenvalue weighted by atomic mass is 14.9. The van der Waals surface area contributed by atoms with E-state index >= 15 is 0 Å². The maximum absolute atomic E-state index is 3.48. The van der Waals surface area contributed by atoms with Crippen molar-refractivity contribution >= 4 is 0 Å². The van der Waals surface area contributed by atoms with Crippen LogP contribution in [0.5, 0.6) is 0 Å². The fourth-order valence-corrected chi connectivity index (χ4v) is 2.87. The Labute approximate surface area is 79.2 Å². The Morgan fingerprint density at radius 2 is 1.92 bits per heavy atom. The van der Waals surface area contributed by atoms with E-state index in [1.165, 1.54) is 19.5 Å². The second-order valence-corrected chi connectivity index (χ2v) is 4.34. The van der Waals surface area contributed by atoms with Gasteiger partial charge in [-0.3, -0.25) is 0 Å². The summed E-state index contributed by atoms with van der Waals surface area (Å²) in [6.45, 7) is 2.50. The van der Waals surface area contributed by atoms with Gasteiger partial charge in [0.25, 0.3) is 0 Å². The van der Waals surface area contributed by atoms with Gasteiger partial charge in [0.1, 0.15) is 0 Å². The third kappa shape index (κ3) is 1.11. The minimum Gasteiger partial charge on any atom is -0.316 e. The van der Waals surface area contributed by atoms with Crippen molar-refractivity contribution < 1.29 is 0 Å². The summed E-state index contributed by atoms with van der Waals surface area (Å²) < 4.78 is 0. The summed E-state index contributed by atoms with van der Waals surface area (Å²) >= 11 is 0. The Morgan fingerprint density at radius 3 is 2.69 bits per heavy atom. The van der Waals surface area contributed by atoms with Gasteiger partial charge in [-0.05, 0) is 42.8 Å². The molecule has 0 bridgehead atoms. The second-order valence-electron chi connectivity index (χ2n) is 4.34. The molecule has 68 valence electrons. The van der Waals surface area contributed by atoms with Gasteiger partial charge in [0.05, 0.1) is 0 Å². The van der Waals surface area contributed by atoms with Crippen molar-refractivity contribution in [3.8, 4) is 0 Å². The van der Waals surface area contributed by atoms with E-state index in [9.17, 15) is 0 Å². The molecule has 1 heteroatoms. The van der Waals surface area contributed by atoms with Crippen LogP contribution in [0.25, 0.3) is 0 Å². The molecule has 0 aromatic heterocycles. The predicted molar refractivity (Wildman–Crippen MR) is 53.6 cm³/mol. The molecule has 1 N–H and O–H groups in total. The molecule has 0 unspecified atom stereocenters. The molecule has 1 saturated carbocycles. The van der Waals surface area contributed by atoms with E-state index in [1.807, 2.05) is 0 Å². The average Bonchev–Trinajstić information content (AvgIpc) is 2.50. The van der Waals surface area contributed by atoms with Crippen molar-refractivity contribution in [3.05, 3.63) is 35.9 Å². The van der Waals surface area contributed by atoms with Crippen LogP contribution in [0, 0.1) is 11.8 Å². The molecule has 3 rings (SSSR count). The Morgan fingerprint density at radius 1 is 1.08 bits per heavy atom. The molecule has 0 amide bonds.